The van der Waals surface area contributed by atoms with Crippen molar-refractivity contribution in [3.8, 4) is 0 Å². The van der Waals surface area contributed by atoms with Gasteiger partial charge in [-0.3, -0.25) is 9.89 Å². The number of fused-ring (bicyclic) bond motifs is 1. The minimum Gasteiger partial charge on any atom is -0.350 e. The number of sulfonamides is 1. The Morgan fingerprint density at radius 2 is 2.25 bits per heavy atom. The first-order valence-electron chi connectivity index (χ1n) is 5.95. The molecule has 0 bridgehead atoms. The second kappa shape index (κ2) is 5.97. The highest BCUT2D eigenvalue weighted by Crippen LogP contribution is 2.12. The van der Waals surface area contributed by atoms with Gasteiger partial charge in [0, 0.05) is 24.5 Å². The summed E-state index contributed by atoms with van der Waals surface area (Å²) in [5.74, 6) is -0.243. The fourth-order valence-corrected chi connectivity index (χ4v) is 2.14. The van der Waals surface area contributed by atoms with E-state index in [9.17, 15) is 13.2 Å². The second-order valence-corrected chi connectivity index (χ2v) is 6.10. The highest BCUT2D eigenvalue weighted by molar-refractivity contribution is 7.88. The van der Waals surface area contributed by atoms with Gasteiger partial charge in [0.1, 0.15) is 0 Å². The summed E-state index contributed by atoms with van der Waals surface area (Å²) in [6.45, 7) is 0.371. The Morgan fingerprint density at radius 1 is 1.45 bits per heavy atom. The van der Waals surface area contributed by atoms with Gasteiger partial charge >= 0.3 is 0 Å². The number of aromatic amines is 1. The van der Waals surface area contributed by atoms with Crippen LogP contribution >= 0.6 is 0 Å². The number of rotatable bonds is 6. The number of nitrogens with zero attached hydrogens (tertiary/aromatic N) is 2. The molecule has 108 valence electrons. The van der Waals surface area contributed by atoms with Gasteiger partial charge < -0.3 is 5.32 Å². The molecule has 2 aromatic heterocycles. The van der Waals surface area contributed by atoms with E-state index in [1.54, 1.807) is 12.3 Å². The number of hydrogen-bond acceptors (Lipinski definition) is 5. The first-order valence-corrected chi connectivity index (χ1v) is 7.84. The first kappa shape index (κ1) is 14.4. The normalized spacial score (nSPS) is 11.7. The van der Waals surface area contributed by atoms with Gasteiger partial charge in [-0.1, -0.05) is 0 Å². The zero-order valence-electron chi connectivity index (χ0n) is 10.9. The molecule has 0 aliphatic heterocycles. The summed E-state index contributed by atoms with van der Waals surface area (Å²) in [5.41, 5.74) is 1.35. The fourth-order valence-electron chi connectivity index (χ4n) is 1.66. The summed E-state index contributed by atoms with van der Waals surface area (Å²) in [7, 11) is -3.26. The van der Waals surface area contributed by atoms with E-state index in [2.05, 4.69) is 25.2 Å². The number of carbonyl (C=O) groups excluding carboxylic acids is 1. The molecule has 3 N–H and O–H groups in total. The molecule has 1 amide bonds. The Labute approximate surface area is 116 Å². The molecule has 2 rings (SSSR count). The van der Waals surface area contributed by atoms with Crippen LogP contribution in [0.1, 0.15) is 12.1 Å². The molecule has 0 atom stereocenters. The van der Waals surface area contributed by atoms with Gasteiger partial charge in [-0.15, -0.1) is 0 Å². The number of hydrogen-bond donors (Lipinski definition) is 3. The van der Waals surface area contributed by atoms with Crippen LogP contribution in [0.3, 0.4) is 0 Å². The van der Waals surface area contributed by atoms with Crippen molar-refractivity contribution in [3.05, 3.63) is 24.0 Å². The highest BCUT2D eigenvalue weighted by Gasteiger charge is 2.08. The summed E-state index contributed by atoms with van der Waals surface area (Å²) in [5, 5.41) is 10.4. The molecule has 8 nitrogen and oxygen atoms in total. The molecule has 0 radical (unpaired) electrons. The average Bonchev–Trinajstić information content (AvgIpc) is 2.78. The van der Waals surface area contributed by atoms with E-state index in [4.69, 9.17) is 0 Å². The lowest BCUT2D eigenvalue weighted by Gasteiger charge is -2.04. The molecule has 2 heterocycles. The topological polar surface area (TPSA) is 117 Å². The molecule has 20 heavy (non-hydrogen) atoms. The maximum absolute atomic E-state index is 11.6. The molecular formula is C11H15N5O3S. The Hall–Kier alpha value is -2.00. The van der Waals surface area contributed by atoms with E-state index in [0.717, 1.165) is 17.3 Å². The van der Waals surface area contributed by atoms with E-state index in [0.29, 0.717) is 12.2 Å². The van der Waals surface area contributed by atoms with Crippen molar-refractivity contribution in [2.45, 2.75) is 13.0 Å². The average molecular weight is 297 g/mol. The minimum atomic E-state index is -3.26. The molecule has 2 aromatic rings. The molecule has 0 aliphatic carbocycles. The standard InChI is InChI=1S/C11H15N5O3S/c1-20(18,19)14-6-4-10(17)13-7-9-8-3-2-5-12-11(8)16-15-9/h2-3,5,14H,4,6-7H2,1H3,(H,13,17)(H,12,15,16). The van der Waals surface area contributed by atoms with Gasteiger partial charge in [0.15, 0.2) is 5.65 Å². The van der Waals surface area contributed by atoms with Gasteiger partial charge in [-0.25, -0.2) is 18.1 Å². The summed E-state index contributed by atoms with van der Waals surface area (Å²) in [6, 6.07) is 3.65. The Bertz CT molecular complexity index is 710. The van der Waals surface area contributed by atoms with Crippen LogP contribution in [0.2, 0.25) is 0 Å². The quantitative estimate of drug-likeness (QED) is 0.665. The van der Waals surface area contributed by atoms with Crippen molar-refractivity contribution in [2.24, 2.45) is 0 Å². The maximum atomic E-state index is 11.6. The molecule has 0 fully saturated rings. The van der Waals surface area contributed by atoms with Crippen molar-refractivity contribution < 1.29 is 13.2 Å². The third-order valence-electron chi connectivity index (χ3n) is 2.59. The smallest absolute Gasteiger partial charge is 0.221 e. The predicted octanol–water partition coefficient (Wildman–Crippen LogP) is -0.487. The Morgan fingerprint density at radius 3 is 3.00 bits per heavy atom. The zero-order chi connectivity index (χ0) is 14.6. The van der Waals surface area contributed by atoms with E-state index >= 15 is 0 Å². The number of pyridine rings is 1. The van der Waals surface area contributed by atoms with Crippen LogP contribution in [0.5, 0.6) is 0 Å². The van der Waals surface area contributed by atoms with Crippen LogP contribution in [-0.4, -0.2) is 42.3 Å². The van der Waals surface area contributed by atoms with Gasteiger partial charge in [-0.05, 0) is 12.1 Å². The van der Waals surface area contributed by atoms with Crippen molar-refractivity contribution in [2.75, 3.05) is 12.8 Å². The number of nitrogens with one attached hydrogen (secondary N) is 3. The van der Waals surface area contributed by atoms with Crippen LogP contribution < -0.4 is 10.0 Å². The molecular weight excluding hydrogens is 282 g/mol. The largest absolute Gasteiger partial charge is 0.350 e. The van der Waals surface area contributed by atoms with Crippen molar-refractivity contribution in [1.82, 2.24) is 25.2 Å². The van der Waals surface area contributed by atoms with Crippen LogP contribution in [-0.2, 0) is 21.4 Å². The lowest BCUT2D eigenvalue weighted by Crippen LogP contribution is -2.30. The molecule has 9 heteroatoms. The summed E-state index contributed by atoms with van der Waals surface area (Å²) in [6.07, 6.45) is 2.77. The third-order valence-corrected chi connectivity index (χ3v) is 3.32. The van der Waals surface area contributed by atoms with Crippen molar-refractivity contribution in [1.29, 1.82) is 0 Å². The highest BCUT2D eigenvalue weighted by atomic mass is 32.2. The van der Waals surface area contributed by atoms with Gasteiger partial charge in [0.25, 0.3) is 0 Å². The van der Waals surface area contributed by atoms with E-state index in [1.807, 2.05) is 6.07 Å². The van der Waals surface area contributed by atoms with E-state index in [-0.39, 0.29) is 18.9 Å². The van der Waals surface area contributed by atoms with Crippen LogP contribution in [0.4, 0.5) is 0 Å². The SMILES string of the molecule is CS(=O)(=O)NCCC(=O)NCc1[nH]nc2ncccc12. The molecule has 0 unspecified atom stereocenters. The molecule has 0 spiro atoms. The number of amides is 1. The first-order chi connectivity index (χ1) is 9.46. The summed E-state index contributed by atoms with van der Waals surface area (Å²) < 4.78 is 23.9. The van der Waals surface area contributed by atoms with Crippen molar-refractivity contribution in [3.63, 3.8) is 0 Å². The molecule has 0 saturated carbocycles. The fraction of sp³-hybridized carbons (Fsp3) is 0.364. The Kier molecular flexibility index (Phi) is 4.30. The maximum Gasteiger partial charge on any atom is 0.221 e. The Balaban J connectivity index is 1.84. The lowest BCUT2D eigenvalue weighted by molar-refractivity contribution is -0.121. The van der Waals surface area contributed by atoms with Crippen molar-refractivity contribution >= 4 is 27.0 Å². The van der Waals surface area contributed by atoms with E-state index < -0.39 is 10.0 Å². The van der Waals surface area contributed by atoms with Crippen LogP contribution in [0.15, 0.2) is 18.3 Å². The van der Waals surface area contributed by atoms with Crippen LogP contribution in [0, 0.1) is 0 Å². The molecule has 0 aliphatic rings. The number of carbonyl (C=O) groups is 1. The third kappa shape index (κ3) is 4.00. The second-order valence-electron chi connectivity index (χ2n) is 4.27. The lowest BCUT2D eigenvalue weighted by atomic mass is 10.2. The van der Waals surface area contributed by atoms with Crippen LogP contribution in [0.25, 0.3) is 11.0 Å². The summed E-state index contributed by atoms with van der Waals surface area (Å²) >= 11 is 0. The summed E-state index contributed by atoms with van der Waals surface area (Å²) in [4.78, 5) is 15.6. The van der Waals surface area contributed by atoms with Gasteiger partial charge in [0.05, 0.1) is 18.5 Å². The minimum absolute atomic E-state index is 0.0793. The monoisotopic (exact) mass is 297 g/mol. The molecule has 0 saturated heterocycles. The predicted molar refractivity (Wildman–Crippen MR) is 73.2 cm³/mol. The number of aromatic nitrogens is 3. The van der Waals surface area contributed by atoms with Gasteiger partial charge in [-0.2, -0.15) is 5.10 Å². The van der Waals surface area contributed by atoms with E-state index in [1.165, 1.54) is 0 Å². The molecule has 0 aromatic carbocycles. The number of H-pyrrole nitrogens is 1. The van der Waals surface area contributed by atoms with Gasteiger partial charge in [0.2, 0.25) is 15.9 Å². The zero-order valence-corrected chi connectivity index (χ0v) is 11.7.